The number of carbonyl (C=O) groups excluding carboxylic acids is 2. The van der Waals surface area contributed by atoms with Gasteiger partial charge in [-0.2, -0.15) is 0 Å². The third-order valence-corrected chi connectivity index (χ3v) is 17.2. The first kappa shape index (κ1) is 77.8. The fourth-order valence-electron chi connectivity index (χ4n) is 11.7. The summed E-state index contributed by atoms with van der Waals surface area (Å²) in [5.74, 6) is -6.35. The molecule has 21 N–H and O–H groups in total. The SMILES string of the molecule is C.Cc1cc(C(=O)O[C@@H]2Cc3c(O)cc(O)cc3O[C@@H]2c2cc(O)c(O)c(O)c2)cc(O)c1O.Cc1cc(O)cc(/C=C/c2ccc(O)cc2)c1.Cc1ccc(C2Oc3cc(O)cc(O)c3C[C@@H]2O)cc1O.Cc1ccc(CCC(=O)c2c(O)cc(O)c(C3OC(CO)C(O)C(O)C3O)c2O)cc1O. The number of ketones is 1. The lowest BCUT2D eigenvalue weighted by Gasteiger charge is -2.40. The summed E-state index contributed by atoms with van der Waals surface area (Å²) >= 11 is 0. The highest BCUT2D eigenvalue weighted by Crippen LogP contribution is 2.49. The molecule has 3 heterocycles. The maximum atomic E-state index is 12.8. The van der Waals surface area contributed by atoms with Crippen LogP contribution in [0, 0.1) is 27.7 Å². The Hall–Kier alpha value is -12.0. The molecule has 27 heteroatoms. The van der Waals surface area contributed by atoms with Crippen LogP contribution < -0.4 is 9.47 Å². The summed E-state index contributed by atoms with van der Waals surface area (Å²) in [4.78, 5) is 25.6. The van der Waals surface area contributed by atoms with Crippen LogP contribution in [0.2, 0.25) is 0 Å². The first-order chi connectivity index (χ1) is 48.7. The van der Waals surface area contributed by atoms with E-state index >= 15 is 0 Å². The van der Waals surface area contributed by atoms with E-state index in [-0.39, 0.29) is 113 Å². The van der Waals surface area contributed by atoms with Crippen molar-refractivity contribution < 1.29 is 136 Å². The second kappa shape index (κ2) is 32.8. The largest absolute Gasteiger partial charge is 0.508 e. The molecule has 0 aliphatic carbocycles. The van der Waals surface area contributed by atoms with Crippen molar-refractivity contribution in [2.24, 2.45) is 0 Å². The summed E-state index contributed by atoms with van der Waals surface area (Å²) in [5, 5.41) is 208. The molecule has 12 rings (SSSR count). The van der Waals surface area contributed by atoms with Crippen molar-refractivity contribution in [1.29, 1.82) is 0 Å². The number of fused-ring (bicyclic) bond motifs is 2. The predicted octanol–water partition coefficient (Wildman–Crippen LogP) is 9.35. The van der Waals surface area contributed by atoms with Crippen molar-refractivity contribution >= 4 is 23.9 Å². The highest BCUT2D eigenvalue weighted by molar-refractivity contribution is 6.02. The van der Waals surface area contributed by atoms with Gasteiger partial charge in [0, 0.05) is 66.3 Å². The quantitative estimate of drug-likeness (QED) is 0.0234. The van der Waals surface area contributed by atoms with Gasteiger partial charge in [0.05, 0.1) is 23.8 Å². The lowest BCUT2D eigenvalue weighted by atomic mass is 9.88. The first-order valence-electron chi connectivity index (χ1n) is 31.8. The van der Waals surface area contributed by atoms with Gasteiger partial charge in [-0.1, -0.05) is 62.0 Å². The average Bonchev–Trinajstić information content (AvgIpc) is 0.778. The number of carbonyl (C=O) groups is 2. The molecule has 3 aliphatic rings. The molecule has 9 aromatic carbocycles. The molecule has 104 heavy (non-hydrogen) atoms. The van der Waals surface area contributed by atoms with Crippen LogP contribution in [-0.4, -0.2) is 162 Å². The third kappa shape index (κ3) is 17.8. The topological polar surface area (TPSA) is 496 Å². The highest BCUT2D eigenvalue weighted by atomic mass is 16.6. The molecule has 0 amide bonds. The van der Waals surface area contributed by atoms with Crippen molar-refractivity contribution in [2.45, 2.75) is 116 Å². The lowest BCUT2D eigenvalue weighted by Crippen LogP contribution is -2.55. The Morgan fingerprint density at radius 2 is 1.02 bits per heavy atom. The zero-order chi connectivity index (χ0) is 75.2. The Balaban J connectivity index is 0.000000180. The van der Waals surface area contributed by atoms with Crippen molar-refractivity contribution in [2.75, 3.05) is 6.61 Å². The Kier molecular flexibility index (Phi) is 24.5. The highest BCUT2D eigenvalue weighted by Gasteiger charge is 2.47. The summed E-state index contributed by atoms with van der Waals surface area (Å²) in [6, 6.07) is 32.7. The molecule has 0 aromatic heterocycles. The first-order valence-corrected chi connectivity index (χ1v) is 31.8. The smallest absolute Gasteiger partial charge is 0.338 e. The van der Waals surface area contributed by atoms with Crippen molar-refractivity contribution in [3.8, 4) is 103 Å². The Morgan fingerprint density at radius 1 is 0.462 bits per heavy atom. The predicted molar refractivity (Wildman–Crippen MR) is 374 cm³/mol. The van der Waals surface area contributed by atoms with Gasteiger partial charge in [0.2, 0.25) is 0 Å². The minimum Gasteiger partial charge on any atom is -0.508 e. The minimum atomic E-state index is -1.81. The number of rotatable bonds is 12. The standard InChI is InChI=1S/C23H20O10.C22H26O10.C16H16O5.C15H14O2.CH4/c1-9-2-11(5-15(26)20(9)29)23(31)33-19-8-13-14(25)6-12(24)7-18(13)32-22(19)10-3-16(27)21(30)17(28)4-10;1-9-2-3-10(6-12(9)25)4-5-11(24)16-13(26)7-14(27)17(19(16)29)22-21(31)20(30)18(28)15(8-23)32-22;1-8-2-3-9(4-12(8)18)16-14(20)7-11-13(19)5-10(17)6-15(11)21-16;1-11-8-13(10-15(17)9-11)3-2-12-4-6-14(16)7-5-12;/h2-7,19,22,24-30H,8H2,1H3;2-3,6-7,15,18,20-23,25-31H,4-5,8H2,1H3;2-6,14,16-20H,7H2,1H3;2-10,16-17H,1H3;1H4/b;;;3-2+;/t19-,22-;;14-,16?;;/m1.0../s1. The van der Waals surface area contributed by atoms with E-state index in [9.17, 15) is 112 Å². The number of ether oxygens (including phenoxy) is 4. The fraction of sp³-hybridized carbons (Fsp3) is 0.247. The van der Waals surface area contributed by atoms with Crippen LogP contribution in [0.25, 0.3) is 12.2 Å². The molecule has 0 radical (unpaired) electrons. The van der Waals surface area contributed by atoms with Gasteiger partial charge in [-0.25, -0.2) is 4.79 Å². The van der Waals surface area contributed by atoms with E-state index in [0.29, 0.717) is 28.0 Å². The summed E-state index contributed by atoms with van der Waals surface area (Å²) in [7, 11) is 0. The third-order valence-electron chi connectivity index (χ3n) is 17.2. The van der Waals surface area contributed by atoms with Crippen LogP contribution in [0.5, 0.6) is 103 Å². The molecule has 0 spiro atoms. The van der Waals surface area contributed by atoms with Gasteiger partial charge in [-0.05, 0) is 139 Å². The van der Waals surface area contributed by atoms with Crippen LogP contribution in [0.15, 0.2) is 133 Å². The number of aliphatic hydroxyl groups is 5. The van der Waals surface area contributed by atoms with Crippen LogP contribution in [0.3, 0.4) is 0 Å². The lowest BCUT2D eigenvalue weighted by molar-refractivity contribution is -0.232. The van der Waals surface area contributed by atoms with E-state index < -0.39 is 125 Å². The van der Waals surface area contributed by atoms with E-state index in [1.807, 2.05) is 37.3 Å². The average molecular weight is 1440 g/mol. The molecule has 6 unspecified atom stereocenters. The van der Waals surface area contributed by atoms with Crippen molar-refractivity contribution in [3.05, 3.63) is 211 Å². The fourth-order valence-corrected chi connectivity index (χ4v) is 11.7. The van der Waals surface area contributed by atoms with Gasteiger partial charge in [0.15, 0.2) is 40.6 Å². The Morgan fingerprint density at radius 3 is 1.61 bits per heavy atom. The molecular formula is C77H80O27. The molecule has 0 bridgehead atoms. The van der Waals surface area contributed by atoms with E-state index in [2.05, 4.69) is 0 Å². The van der Waals surface area contributed by atoms with E-state index in [0.717, 1.165) is 52.6 Å². The second-order valence-corrected chi connectivity index (χ2v) is 24.9. The molecule has 9 aromatic rings. The van der Waals surface area contributed by atoms with Crippen LogP contribution >= 0.6 is 0 Å². The molecule has 550 valence electrons. The van der Waals surface area contributed by atoms with Crippen LogP contribution in [0.4, 0.5) is 0 Å². The zero-order valence-electron chi connectivity index (χ0n) is 55.4. The summed E-state index contributed by atoms with van der Waals surface area (Å²) in [5.41, 5.74) is 5.71. The van der Waals surface area contributed by atoms with Gasteiger partial charge < -0.3 is 126 Å². The number of phenolic OH excluding ortho intramolecular Hbond substituents is 16. The van der Waals surface area contributed by atoms with E-state index in [1.54, 1.807) is 68.4 Å². The minimum absolute atomic E-state index is 0. The van der Waals surface area contributed by atoms with E-state index in [1.165, 1.54) is 37.3 Å². The Bertz CT molecular complexity index is 4580. The maximum absolute atomic E-state index is 12.8. The number of hydrogen-bond acceptors (Lipinski definition) is 27. The number of phenols is 16. The number of Topliss-reactive ketones (excluding diaryl/α,β-unsaturated/α-hetero) is 1. The number of benzene rings is 9. The Labute approximate surface area is 594 Å². The molecule has 0 saturated carbocycles. The van der Waals surface area contributed by atoms with Crippen LogP contribution in [0.1, 0.15) is 120 Å². The van der Waals surface area contributed by atoms with E-state index in [4.69, 9.17) is 24.1 Å². The molecular weight excluding hydrogens is 1360 g/mol. The summed E-state index contributed by atoms with van der Waals surface area (Å²) < 4.78 is 22.5. The second-order valence-electron chi connectivity index (χ2n) is 24.9. The molecule has 27 nitrogen and oxygen atoms in total. The maximum Gasteiger partial charge on any atom is 0.338 e. The number of aliphatic hydroxyl groups excluding tert-OH is 5. The van der Waals surface area contributed by atoms with Gasteiger partial charge in [-0.15, -0.1) is 0 Å². The van der Waals surface area contributed by atoms with Crippen LogP contribution in [-0.2, 0) is 28.7 Å². The number of esters is 1. The number of hydrogen-bond donors (Lipinski definition) is 21. The van der Waals surface area contributed by atoms with Gasteiger partial charge in [-0.3, -0.25) is 4.79 Å². The molecule has 9 atom stereocenters. The van der Waals surface area contributed by atoms with Crippen molar-refractivity contribution in [3.63, 3.8) is 0 Å². The zero-order valence-corrected chi connectivity index (χ0v) is 55.4. The summed E-state index contributed by atoms with van der Waals surface area (Å²) in [6.45, 7) is 6.20. The normalized spacial score (nSPS) is 19.3. The number of aromatic hydroxyl groups is 16. The molecule has 3 aliphatic heterocycles. The molecule has 1 fully saturated rings. The monoisotopic (exact) mass is 1440 g/mol. The number of aryl methyl sites for hydroxylation is 5. The summed E-state index contributed by atoms with van der Waals surface area (Å²) in [6.07, 6.45) is -7.85. The van der Waals surface area contributed by atoms with Gasteiger partial charge in [0.25, 0.3) is 0 Å². The van der Waals surface area contributed by atoms with Crippen molar-refractivity contribution in [1.82, 2.24) is 0 Å². The van der Waals surface area contributed by atoms with Gasteiger partial charge in [0.1, 0.15) is 123 Å². The molecule has 1 saturated heterocycles. The van der Waals surface area contributed by atoms with Gasteiger partial charge >= 0.3 is 5.97 Å².